The van der Waals surface area contributed by atoms with E-state index in [9.17, 15) is 0 Å². The first kappa shape index (κ1) is 13.6. The molecule has 0 aromatic carbocycles. The zero-order chi connectivity index (χ0) is 12.9. The highest BCUT2D eigenvalue weighted by molar-refractivity contribution is 5.48. The normalized spacial score (nSPS) is 11.4. The molecule has 0 fully saturated rings. The van der Waals surface area contributed by atoms with Gasteiger partial charge in [-0.1, -0.05) is 0 Å². The van der Waals surface area contributed by atoms with Gasteiger partial charge in [0.25, 0.3) is 0 Å². The lowest BCUT2D eigenvalue weighted by atomic mass is 10.0. The van der Waals surface area contributed by atoms with Gasteiger partial charge in [-0.25, -0.2) is 15.8 Å². The van der Waals surface area contributed by atoms with Crippen molar-refractivity contribution in [2.24, 2.45) is 5.84 Å². The lowest BCUT2D eigenvalue weighted by molar-refractivity contribution is 0.0831. The maximum absolute atomic E-state index is 9.17. The van der Waals surface area contributed by atoms with Crippen molar-refractivity contribution in [3.05, 3.63) is 11.9 Å². The number of aryl methyl sites for hydroxylation is 1. The number of aliphatic hydroxyl groups excluding tert-OH is 3. The Morgan fingerprint density at radius 3 is 2.18 bits per heavy atom. The average molecular weight is 243 g/mol. The van der Waals surface area contributed by atoms with Crippen LogP contribution < -0.4 is 16.6 Å². The fraction of sp³-hybridized carbons (Fsp3) is 0.556. The number of anilines is 2. The second-order valence-corrected chi connectivity index (χ2v) is 3.71. The summed E-state index contributed by atoms with van der Waals surface area (Å²) in [4.78, 5) is 8.04. The van der Waals surface area contributed by atoms with Gasteiger partial charge in [0.2, 0.25) is 0 Å². The van der Waals surface area contributed by atoms with Crippen LogP contribution in [0.3, 0.4) is 0 Å². The van der Waals surface area contributed by atoms with Gasteiger partial charge in [0.05, 0.1) is 19.8 Å². The van der Waals surface area contributed by atoms with Gasteiger partial charge >= 0.3 is 0 Å². The van der Waals surface area contributed by atoms with E-state index >= 15 is 0 Å². The standard InChI is InChI=1S/C9H17N5O3/c1-6-11-7(2-8(12-6)14-10)13-9(3-15,4-16)5-17/h2,15-17H,3-5,10H2,1H3,(H2,11,12,13,14). The number of aromatic nitrogens is 2. The second-order valence-electron chi connectivity index (χ2n) is 3.71. The Labute approximate surface area is 98.5 Å². The molecule has 1 aromatic rings. The Balaban J connectivity index is 2.96. The minimum Gasteiger partial charge on any atom is -0.394 e. The minimum atomic E-state index is -1.23. The van der Waals surface area contributed by atoms with Crippen LogP contribution in [-0.4, -0.2) is 50.6 Å². The van der Waals surface area contributed by atoms with E-state index in [1.807, 2.05) is 0 Å². The molecule has 8 heteroatoms. The van der Waals surface area contributed by atoms with E-state index in [0.29, 0.717) is 17.5 Å². The number of nitrogens with two attached hydrogens (primary N) is 1. The highest BCUT2D eigenvalue weighted by atomic mass is 16.3. The number of rotatable bonds is 6. The highest BCUT2D eigenvalue weighted by Crippen LogP contribution is 2.15. The lowest BCUT2D eigenvalue weighted by Crippen LogP contribution is -2.49. The molecule has 0 saturated heterocycles. The maximum Gasteiger partial charge on any atom is 0.145 e. The molecule has 96 valence electrons. The number of nitrogens with zero attached hydrogens (tertiary/aromatic N) is 2. The first-order chi connectivity index (χ1) is 8.09. The fourth-order valence-electron chi connectivity index (χ4n) is 1.25. The number of hydrogen-bond donors (Lipinski definition) is 6. The molecule has 0 saturated carbocycles. The smallest absolute Gasteiger partial charge is 0.145 e. The van der Waals surface area contributed by atoms with Gasteiger partial charge in [-0.3, -0.25) is 0 Å². The van der Waals surface area contributed by atoms with Crippen molar-refractivity contribution in [1.29, 1.82) is 0 Å². The summed E-state index contributed by atoms with van der Waals surface area (Å²) in [5.41, 5.74) is 1.14. The van der Waals surface area contributed by atoms with Gasteiger partial charge in [-0.15, -0.1) is 0 Å². The predicted octanol–water partition coefficient (Wildman–Crippen LogP) is -1.80. The zero-order valence-corrected chi connectivity index (χ0v) is 9.51. The van der Waals surface area contributed by atoms with Gasteiger partial charge in [0, 0.05) is 6.07 Å². The van der Waals surface area contributed by atoms with E-state index in [2.05, 4.69) is 20.7 Å². The Morgan fingerprint density at radius 2 is 1.71 bits per heavy atom. The van der Waals surface area contributed by atoms with Crippen molar-refractivity contribution in [3.8, 4) is 0 Å². The zero-order valence-electron chi connectivity index (χ0n) is 9.51. The Bertz CT molecular complexity index is 361. The van der Waals surface area contributed by atoms with Crippen molar-refractivity contribution in [2.75, 3.05) is 30.6 Å². The maximum atomic E-state index is 9.17. The van der Waals surface area contributed by atoms with Crippen LogP contribution in [0.5, 0.6) is 0 Å². The molecule has 7 N–H and O–H groups in total. The first-order valence-electron chi connectivity index (χ1n) is 5.02. The molecule has 0 radical (unpaired) electrons. The van der Waals surface area contributed by atoms with Crippen LogP contribution >= 0.6 is 0 Å². The van der Waals surface area contributed by atoms with Crippen molar-refractivity contribution in [2.45, 2.75) is 12.5 Å². The summed E-state index contributed by atoms with van der Waals surface area (Å²) in [6.07, 6.45) is 0. The summed E-state index contributed by atoms with van der Waals surface area (Å²) in [5.74, 6) is 6.44. The summed E-state index contributed by atoms with van der Waals surface area (Å²) in [6.45, 7) is 0.363. The van der Waals surface area contributed by atoms with E-state index in [-0.39, 0.29) is 0 Å². The number of aliphatic hydroxyl groups is 3. The van der Waals surface area contributed by atoms with Gasteiger partial charge in [0.15, 0.2) is 0 Å². The highest BCUT2D eigenvalue weighted by Gasteiger charge is 2.28. The van der Waals surface area contributed by atoms with Crippen LogP contribution in [0, 0.1) is 6.92 Å². The van der Waals surface area contributed by atoms with Gasteiger partial charge in [0.1, 0.15) is 23.0 Å². The Morgan fingerprint density at radius 1 is 1.18 bits per heavy atom. The summed E-state index contributed by atoms with van der Waals surface area (Å²) in [6, 6.07) is 1.50. The lowest BCUT2D eigenvalue weighted by Gasteiger charge is -2.29. The van der Waals surface area contributed by atoms with E-state index in [0.717, 1.165) is 0 Å². The molecule has 1 aromatic heterocycles. The number of hydrogen-bond acceptors (Lipinski definition) is 8. The van der Waals surface area contributed by atoms with Gasteiger partial charge in [-0.2, -0.15) is 0 Å². The van der Waals surface area contributed by atoms with E-state index in [1.165, 1.54) is 6.07 Å². The van der Waals surface area contributed by atoms with Crippen LogP contribution in [-0.2, 0) is 0 Å². The molecule has 0 bridgehead atoms. The third kappa shape index (κ3) is 3.24. The molecular weight excluding hydrogens is 226 g/mol. The third-order valence-corrected chi connectivity index (χ3v) is 2.29. The molecule has 0 aliphatic heterocycles. The Hall–Kier alpha value is -1.48. The molecule has 17 heavy (non-hydrogen) atoms. The van der Waals surface area contributed by atoms with Gasteiger partial charge < -0.3 is 26.1 Å². The summed E-state index contributed by atoms with van der Waals surface area (Å²) < 4.78 is 0. The van der Waals surface area contributed by atoms with Crippen LogP contribution in [0.15, 0.2) is 6.07 Å². The van der Waals surface area contributed by atoms with Crippen LogP contribution in [0.25, 0.3) is 0 Å². The third-order valence-electron chi connectivity index (χ3n) is 2.29. The predicted molar refractivity (Wildman–Crippen MR) is 62.2 cm³/mol. The van der Waals surface area contributed by atoms with E-state index in [4.69, 9.17) is 21.2 Å². The number of hydrazine groups is 1. The molecule has 0 aliphatic rings. The average Bonchev–Trinajstić information content (AvgIpc) is 2.35. The second kappa shape index (κ2) is 5.73. The molecule has 0 unspecified atom stereocenters. The fourth-order valence-corrected chi connectivity index (χ4v) is 1.25. The molecule has 0 spiro atoms. The molecular formula is C9H17N5O3. The summed E-state index contributed by atoms with van der Waals surface area (Å²) in [7, 11) is 0. The minimum absolute atomic E-state index is 0.350. The molecule has 0 atom stereocenters. The SMILES string of the molecule is Cc1nc(NN)cc(NC(CO)(CO)CO)n1. The van der Waals surface area contributed by atoms with Gasteiger partial charge in [-0.05, 0) is 6.92 Å². The molecule has 8 nitrogen and oxygen atoms in total. The first-order valence-corrected chi connectivity index (χ1v) is 5.02. The number of nitrogen functional groups attached to an aromatic ring is 1. The Kier molecular flexibility index (Phi) is 4.58. The summed E-state index contributed by atoms with van der Waals surface area (Å²) in [5, 5.41) is 30.3. The van der Waals surface area contributed by atoms with Crippen molar-refractivity contribution in [1.82, 2.24) is 9.97 Å². The van der Waals surface area contributed by atoms with Crippen LogP contribution in [0.1, 0.15) is 5.82 Å². The largest absolute Gasteiger partial charge is 0.394 e. The van der Waals surface area contributed by atoms with Crippen molar-refractivity contribution >= 4 is 11.6 Å². The monoisotopic (exact) mass is 243 g/mol. The topological polar surface area (TPSA) is 137 Å². The van der Waals surface area contributed by atoms with Crippen molar-refractivity contribution < 1.29 is 15.3 Å². The van der Waals surface area contributed by atoms with Crippen molar-refractivity contribution in [3.63, 3.8) is 0 Å². The molecule has 0 aliphatic carbocycles. The number of nitrogens with one attached hydrogen (secondary N) is 2. The molecule has 1 rings (SSSR count). The van der Waals surface area contributed by atoms with Crippen LogP contribution in [0.4, 0.5) is 11.6 Å². The molecule has 1 heterocycles. The van der Waals surface area contributed by atoms with E-state index < -0.39 is 25.4 Å². The molecule has 0 amide bonds. The summed E-state index contributed by atoms with van der Waals surface area (Å²) >= 11 is 0. The van der Waals surface area contributed by atoms with E-state index in [1.54, 1.807) is 6.92 Å². The quantitative estimate of drug-likeness (QED) is 0.254. The van der Waals surface area contributed by atoms with Crippen LogP contribution in [0.2, 0.25) is 0 Å².